The van der Waals surface area contributed by atoms with Crippen LogP contribution in [0.25, 0.3) is 5.57 Å². The largest absolute Gasteiger partial charge is 0.508 e. The van der Waals surface area contributed by atoms with Crippen LogP contribution in [-0.4, -0.2) is 5.11 Å². The minimum atomic E-state index is 0.237. The van der Waals surface area contributed by atoms with Crippen molar-refractivity contribution in [2.24, 2.45) is 0 Å². The number of aryl methyl sites for hydroxylation is 1. The number of ether oxygens (including phenoxy) is 1. The molecule has 1 heterocycles. The first kappa shape index (κ1) is 10.9. The van der Waals surface area contributed by atoms with Gasteiger partial charge in [0.05, 0.1) is 6.26 Å². The predicted octanol–water partition coefficient (Wildman–Crippen LogP) is 3.68. The normalized spacial score (nSPS) is 13.5. The van der Waals surface area contributed by atoms with Gasteiger partial charge < -0.3 is 9.84 Å². The Labute approximate surface area is 106 Å². The maximum Gasteiger partial charge on any atom is 0.133 e. The van der Waals surface area contributed by atoms with Gasteiger partial charge in [-0.05, 0) is 29.7 Å². The van der Waals surface area contributed by atoms with Crippen LogP contribution in [0.2, 0.25) is 0 Å². The van der Waals surface area contributed by atoms with E-state index in [2.05, 4.69) is 31.2 Å². The number of rotatable bonds is 1. The zero-order valence-electron chi connectivity index (χ0n) is 10.2. The first-order chi connectivity index (χ1) is 8.72. The Hall–Kier alpha value is -2.22. The number of benzene rings is 2. The second kappa shape index (κ2) is 4.22. The fraction of sp³-hybridized carbons (Fsp3) is 0.125. The minimum Gasteiger partial charge on any atom is -0.508 e. The molecule has 90 valence electrons. The van der Waals surface area contributed by atoms with Crippen LogP contribution in [0.3, 0.4) is 0 Å². The summed E-state index contributed by atoms with van der Waals surface area (Å²) in [5.41, 5.74) is 4.69. The highest BCUT2D eigenvalue weighted by Crippen LogP contribution is 2.33. The number of phenols is 1. The third-order valence-corrected chi connectivity index (χ3v) is 3.18. The SMILES string of the molecule is Cc1ccc(C2=COc3cc(O)ccc3C2)cc1. The first-order valence-corrected chi connectivity index (χ1v) is 5.97. The molecule has 2 aromatic rings. The molecule has 0 aromatic heterocycles. The topological polar surface area (TPSA) is 29.5 Å². The second-order valence-electron chi connectivity index (χ2n) is 4.60. The van der Waals surface area contributed by atoms with Gasteiger partial charge in [-0.25, -0.2) is 0 Å². The number of hydrogen-bond donors (Lipinski definition) is 1. The van der Waals surface area contributed by atoms with Crippen molar-refractivity contribution in [3.63, 3.8) is 0 Å². The van der Waals surface area contributed by atoms with E-state index < -0.39 is 0 Å². The van der Waals surface area contributed by atoms with Gasteiger partial charge in [-0.1, -0.05) is 35.9 Å². The van der Waals surface area contributed by atoms with Crippen LogP contribution in [-0.2, 0) is 6.42 Å². The molecule has 18 heavy (non-hydrogen) atoms. The molecule has 0 unspecified atom stereocenters. The number of allylic oxidation sites excluding steroid dienone is 1. The molecular weight excluding hydrogens is 224 g/mol. The molecule has 2 aromatic carbocycles. The summed E-state index contributed by atoms with van der Waals surface area (Å²) in [6, 6.07) is 13.7. The van der Waals surface area contributed by atoms with Crippen molar-refractivity contribution in [1.29, 1.82) is 0 Å². The summed E-state index contributed by atoms with van der Waals surface area (Å²) in [7, 11) is 0. The van der Waals surface area contributed by atoms with Crippen LogP contribution in [0.5, 0.6) is 11.5 Å². The van der Waals surface area contributed by atoms with Crippen LogP contribution in [0.15, 0.2) is 48.7 Å². The smallest absolute Gasteiger partial charge is 0.133 e. The van der Waals surface area contributed by atoms with E-state index in [4.69, 9.17) is 4.74 Å². The molecule has 0 saturated heterocycles. The molecule has 1 aliphatic heterocycles. The molecule has 1 aliphatic rings. The van der Waals surface area contributed by atoms with Gasteiger partial charge in [0.1, 0.15) is 11.5 Å². The fourth-order valence-electron chi connectivity index (χ4n) is 2.12. The highest BCUT2D eigenvalue weighted by molar-refractivity contribution is 5.70. The molecule has 0 amide bonds. The lowest BCUT2D eigenvalue weighted by Gasteiger charge is -2.17. The van der Waals surface area contributed by atoms with E-state index in [-0.39, 0.29) is 5.75 Å². The molecule has 0 spiro atoms. The molecule has 0 bridgehead atoms. The molecule has 1 N–H and O–H groups in total. The van der Waals surface area contributed by atoms with Crippen molar-refractivity contribution in [2.75, 3.05) is 0 Å². The Morgan fingerprint density at radius 1 is 1.06 bits per heavy atom. The summed E-state index contributed by atoms with van der Waals surface area (Å²) >= 11 is 0. The van der Waals surface area contributed by atoms with Crippen LogP contribution in [0, 0.1) is 6.92 Å². The van der Waals surface area contributed by atoms with Crippen molar-refractivity contribution in [3.05, 3.63) is 65.4 Å². The van der Waals surface area contributed by atoms with E-state index in [1.165, 1.54) is 11.1 Å². The summed E-state index contributed by atoms with van der Waals surface area (Å²) in [5, 5.41) is 9.40. The molecule has 0 fully saturated rings. The number of hydrogen-bond acceptors (Lipinski definition) is 2. The zero-order chi connectivity index (χ0) is 12.5. The van der Waals surface area contributed by atoms with Gasteiger partial charge in [-0.3, -0.25) is 0 Å². The second-order valence-corrected chi connectivity index (χ2v) is 4.60. The molecule has 2 nitrogen and oxygen atoms in total. The molecule has 0 atom stereocenters. The molecule has 0 aliphatic carbocycles. The minimum absolute atomic E-state index is 0.237. The van der Waals surface area contributed by atoms with Crippen LogP contribution in [0.4, 0.5) is 0 Å². The summed E-state index contributed by atoms with van der Waals surface area (Å²) in [6.45, 7) is 2.08. The van der Waals surface area contributed by atoms with Crippen molar-refractivity contribution >= 4 is 5.57 Å². The predicted molar refractivity (Wildman–Crippen MR) is 71.6 cm³/mol. The van der Waals surface area contributed by atoms with Gasteiger partial charge >= 0.3 is 0 Å². The summed E-state index contributed by atoms with van der Waals surface area (Å²) in [4.78, 5) is 0. The van der Waals surface area contributed by atoms with Gasteiger partial charge in [0.15, 0.2) is 0 Å². The van der Waals surface area contributed by atoms with Crippen LogP contribution in [0.1, 0.15) is 16.7 Å². The Bertz CT molecular complexity index is 609. The summed E-state index contributed by atoms with van der Waals surface area (Å²) in [5.74, 6) is 0.979. The number of fused-ring (bicyclic) bond motifs is 1. The lowest BCUT2D eigenvalue weighted by atomic mass is 9.96. The molecule has 0 saturated carbocycles. The van der Waals surface area contributed by atoms with Crippen LogP contribution >= 0.6 is 0 Å². The third-order valence-electron chi connectivity index (χ3n) is 3.18. The Morgan fingerprint density at radius 2 is 1.83 bits per heavy atom. The van der Waals surface area contributed by atoms with E-state index in [0.29, 0.717) is 0 Å². The van der Waals surface area contributed by atoms with Crippen molar-refractivity contribution in [2.45, 2.75) is 13.3 Å². The quantitative estimate of drug-likeness (QED) is 0.821. The summed E-state index contributed by atoms with van der Waals surface area (Å²) in [6.07, 6.45) is 2.60. The van der Waals surface area contributed by atoms with Gasteiger partial charge in [0.2, 0.25) is 0 Å². The van der Waals surface area contributed by atoms with Crippen LogP contribution < -0.4 is 4.74 Å². The fourth-order valence-corrected chi connectivity index (χ4v) is 2.12. The average Bonchev–Trinajstić information content (AvgIpc) is 2.39. The first-order valence-electron chi connectivity index (χ1n) is 5.97. The monoisotopic (exact) mass is 238 g/mol. The average molecular weight is 238 g/mol. The van der Waals surface area contributed by atoms with E-state index >= 15 is 0 Å². The Kier molecular flexibility index (Phi) is 2.56. The summed E-state index contributed by atoms with van der Waals surface area (Å²) < 4.78 is 5.58. The number of phenolic OH excluding ortho intramolecular Hbond substituents is 1. The Morgan fingerprint density at radius 3 is 2.61 bits per heavy atom. The van der Waals surface area contributed by atoms with Gasteiger partial charge in [0, 0.05) is 12.5 Å². The third kappa shape index (κ3) is 1.97. The molecule has 0 radical (unpaired) electrons. The van der Waals surface area contributed by atoms with Gasteiger partial charge in [-0.2, -0.15) is 0 Å². The molecule has 3 rings (SSSR count). The van der Waals surface area contributed by atoms with Crippen molar-refractivity contribution in [3.8, 4) is 11.5 Å². The van der Waals surface area contributed by atoms with Crippen molar-refractivity contribution in [1.82, 2.24) is 0 Å². The van der Waals surface area contributed by atoms with Gasteiger partial charge in [-0.15, -0.1) is 0 Å². The lowest BCUT2D eigenvalue weighted by Crippen LogP contribution is -2.02. The zero-order valence-corrected chi connectivity index (χ0v) is 10.2. The van der Waals surface area contributed by atoms with E-state index in [1.807, 2.05) is 6.07 Å². The van der Waals surface area contributed by atoms with E-state index in [9.17, 15) is 5.11 Å². The standard InChI is InChI=1S/C16H14O2/c1-11-2-4-12(5-3-11)14-8-13-6-7-15(17)9-16(13)18-10-14/h2-7,9-10,17H,8H2,1H3. The maximum absolute atomic E-state index is 9.40. The van der Waals surface area contributed by atoms with E-state index in [0.717, 1.165) is 23.3 Å². The highest BCUT2D eigenvalue weighted by atomic mass is 16.5. The highest BCUT2D eigenvalue weighted by Gasteiger charge is 2.14. The number of aromatic hydroxyl groups is 1. The molecule has 2 heteroatoms. The maximum atomic E-state index is 9.40. The Balaban J connectivity index is 1.92. The van der Waals surface area contributed by atoms with Crippen molar-refractivity contribution < 1.29 is 9.84 Å². The van der Waals surface area contributed by atoms with Gasteiger partial charge in [0.25, 0.3) is 0 Å². The lowest BCUT2D eigenvalue weighted by molar-refractivity contribution is 0.447. The molecular formula is C16H14O2. The van der Waals surface area contributed by atoms with E-state index in [1.54, 1.807) is 18.4 Å².